The monoisotopic (exact) mass is 600 g/mol. The molecule has 0 bridgehead atoms. The average Bonchev–Trinajstić information content (AvgIpc) is 3.19. The van der Waals surface area contributed by atoms with E-state index in [2.05, 4.69) is 27.1 Å². The fraction of sp³-hybridized carbons (Fsp3) is 0.625. The van der Waals surface area contributed by atoms with Gasteiger partial charge in [-0.1, -0.05) is 38.3 Å². The molecule has 1 amide bonds. The Balaban J connectivity index is 0.00000170. The van der Waals surface area contributed by atoms with Crippen LogP contribution in [0.3, 0.4) is 0 Å². The van der Waals surface area contributed by atoms with Crippen LogP contribution in [0.15, 0.2) is 12.3 Å². The molecule has 0 saturated heterocycles. The van der Waals surface area contributed by atoms with Gasteiger partial charge in [-0.05, 0) is 31.6 Å². The molecule has 1 fully saturated rings. The minimum atomic E-state index is -4.47. The van der Waals surface area contributed by atoms with Gasteiger partial charge >= 0.3 is 24.4 Å². The molecule has 0 aromatic carbocycles. The number of nitrogens with zero attached hydrogens (tertiary/aromatic N) is 3. The molecule has 1 atom stereocenters. The van der Waals surface area contributed by atoms with Crippen molar-refractivity contribution in [3.05, 3.63) is 28.7 Å². The number of carbonyl (C=O) groups excluding carboxylic acids is 1. The molecular weight excluding hydrogens is 571 g/mol. The number of aromatic nitrogens is 3. The predicted octanol–water partition coefficient (Wildman–Crippen LogP) is 5.85. The second-order valence-electron chi connectivity index (χ2n) is 9.43. The van der Waals surface area contributed by atoms with Gasteiger partial charge in [-0.15, -0.1) is 0 Å². The maximum absolute atomic E-state index is 13.2. The third-order valence-corrected chi connectivity index (χ3v) is 6.92. The van der Waals surface area contributed by atoms with Crippen LogP contribution in [0.4, 0.5) is 22.0 Å². The van der Waals surface area contributed by atoms with Gasteiger partial charge in [0.05, 0.1) is 22.2 Å². The summed E-state index contributed by atoms with van der Waals surface area (Å²) in [6, 6.07) is 1.04. The highest BCUT2D eigenvalue weighted by molar-refractivity contribution is 7.51. The number of rotatable bonds is 9. The Hall–Kier alpha value is -2.61. The number of hydrogen-bond acceptors (Lipinski definition) is 6. The van der Waals surface area contributed by atoms with E-state index in [4.69, 9.17) is 20.0 Å². The van der Waals surface area contributed by atoms with E-state index in [0.717, 1.165) is 44.9 Å². The molecule has 0 aliphatic heterocycles. The van der Waals surface area contributed by atoms with Crippen molar-refractivity contribution in [1.82, 2.24) is 20.1 Å². The number of hydrogen-bond donors (Lipinski definition) is 1. The van der Waals surface area contributed by atoms with Crippen LogP contribution in [0.1, 0.15) is 62.6 Å². The molecule has 3 rings (SSSR count). The highest BCUT2D eigenvalue weighted by Gasteiger charge is 2.36. The van der Waals surface area contributed by atoms with Crippen molar-refractivity contribution < 1.29 is 39.9 Å². The lowest BCUT2D eigenvalue weighted by Crippen LogP contribution is -2.31. The van der Waals surface area contributed by atoms with E-state index < -0.39 is 48.4 Å². The molecule has 0 radical (unpaired) electrons. The zero-order valence-corrected chi connectivity index (χ0v) is 23.1. The van der Waals surface area contributed by atoms with Gasteiger partial charge in [0.2, 0.25) is 0 Å². The summed E-state index contributed by atoms with van der Waals surface area (Å²) in [5.41, 5.74) is -0.0269. The van der Waals surface area contributed by atoms with E-state index in [-0.39, 0.29) is 34.2 Å². The largest absolute Gasteiger partial charge is 0.434 e. The molecular formula is C24H30ClF5N4O4S. The van der Waals surface area contributed by atoms with Crippen LogP contribution in [-0.2, 0) is 24.5 Å². The van der Waals surface area contributed by atoms with Crippen molar-refractivity contribution in [1.29, 1.82) is 0 Å². The fourth-order valence-electron chi connectivity index (χ4n) is 4.32. The SMILES string of the molecule is CCn1nc(C(=O)NCC2CCC(C)CC2)c(Cl)c1-c1cnc(C[C@@H](C)C(F)(F)F)cc1OC(F)F.O=S=O. The number of pyridine rings is 1. The van der Waals surface area contributed by atoms with Crippen molar-refractivity contribution in [2.75, 3.05) is 6.54 Å². The van der Waals surface area contributed by atoms with E-state index in [1.54, 1.807) is 6.92 Å². The molecule has 1 N–H and O–H groups in total. The van der Waals surface area contributed by atoms with Crippen LogP contribution in [0.2, 0.25) is 5.02 Å². The Morgan fingerprint density at radius 3 is 2.41 bits per heavy atom. The molecule has 1 aliphatic carbocycles. The Kier molecular flexibility index (Phi) is 12.3. The zero-order valence-electron chi connectivity index (χ0n) is 21.6. The lowest BCUT2D eigenvalue weighted by molar-refractivity contribution is -0.169. The summed E-state index contributed by atoms with van der Waals surface area (Å²) < 4.78 is 87.8. The molecule has 2 aromatic rings. The molecule has 1 aliphatic rings. The molecule has 1 saturated carbocycles. The van der Waals surface area contributed by atoms with Crippen molar-refractivity contribution in [2.45, 2.75) is 72.2 Å². The first-order valence-electron chi connectivity index (χ1n) is 12.3. The van der Waals surface area contributed by atoms with E-state index in [1.807, 2.05) is 0 Å². The summed E-state index contributed by atoms with van der Waals surface area (Å²) in [7, 11) is 0. The van der Waals surface area contributed by atoms with Crippen LogP contribution < -0.4 is 10.1 Å². The second-order valence-corrected chi connectivity index (χ2v) is 9.94. The predicted molar refractivity (Wildman–Crippen MR) is 134 cm³/mol. The lowest BCUT2D eigenvalue weighted by atomic mass is 9.83. The third-order valence-electron chi connectivity index (χ3n) is 6.56. The topological polar surface area (TPSA) is 103 Å². The fourth-order valence-corrected chi connectivity index (χ4v) is 4.64. The summed E-state index contributed by atoms with van der Waals surface area (Å²) in [6.07, 6.45) is 0.383. The van der Waals surface area contributed by atoms with Crippen molar-refractivity contribution >= 4 is 29.1 Å². The number of nitrogens with one attached hydrogen (secondary N) is 1. The first kappa shape index (κ1) is 32.6. The van der Waals surface area contributed by atoms with Crippen LogP contribution in [0.5, 0.6) is 5.75 Å². The smallest absolute Gasteiger partial charge is 0.391 e. The van der Waals surface area contributed by atoms with Crippen molar-refractivity contribution in [2.24, 2.45) is 17.8 Å². The Bertz CT molecular complexity index is 1150. The first-order valence-corrected chi connectivity index (χ1v) is 13.3. The van der Waals surface area contributed by atoms with Crippen molar-refractivity contribution in [3.8, 4) is 17.0 Å². The van der Waals surface area contributed by atoms with E-state index >= 15 is 0 Å². The summed E-state index contributed by atoms with van der Waals surface area (Å²) in [6.45, 7) is 2.38. The number of alkyl halides is 5. The lowest BCUT2D eigenvalue weighted by Gasteiger charge is -2.26. The van der Waals surface area contributed by atoms with Gasteiger partial charge in [0.25, 0.3) is 5.91 Å². The molecule has 15 heteroatoms. The third kappa shape index (κ3) is 9.23. The van der Waals surface area contributed by atoms with Crippen LogP contribution in [0, 0.1) is 17.8 Å². The molecule has 8 nitrogen and oxygen atoms in total. The normalized spacial score (nSPS) is 18.2. The molecule has 2 heterocycles. The average molecular weight is 601 g/mol. The number of amides is 1. The zero-order chi connectivity index (χ0) is 29.3. The molecule has 39 heavy (non-hydrogen) atoms. The molecule has 0 spiro atoms. The number of halogens is 6. The number of aryl methyl sites for hydroxylation is 1. The Morgan fingerprint density at radius 1 is 1.26 bits per heavy atom. The number of carbonyl (C=O) groups is 1. The van der Waals surface area contributed by atoms with E-state index in [9.17, 15) is 26.7 Å². The van der Waals surface area contributed by atoms with Crippen molar-refractivity contribution in [3.63, 3.8) is 0 Å². The van der Waals surface area contributed by atoms with Gasteiger partial charge in [-0.25, -0.2) is 0 Å². The van der Waals surface area contributed by atoms with Gasteiger partial charge in [-0.3, -0.25) is 14.5 Å². The first-order chi connectivity index (χ1) is 18.3. The molecule has 2 aromatic heterocycles. The van der Waals surface area contributed by atoms with Crippen LogP contribution >= 0.6 is 11.6 Å². The van der Waals surface area contributed by atoms with Gasteiger partial charge in [-0.2, -0.15) is 35.5 Å². The van der Waals surface area contributed by atoms with Gasteiger partial charge in [0.15, 0.2) is 5.69 Å². The van der Waals surface area contributed by atoms with Gasteiger partial charge < -0.3 is 10.1 Å². The standard InChI is InChI=1S/C24H30ClF5N4O2.O2S/c1-4-34-21(19(25)20(33-34)22(35)32-11-15-7-5-13(2)6-8-15)17-12-31-16(9-14(3)24(28,29)30)10-18(17)36-23(26)27;1-3-2/h10,12-15,23H,4-9,11H2,1-3H3,(H,32,35);/t13?,14-,15?;/m1./s1. The maximum atomic E-state index is 13.2. The summed E-state index contributed by atoms with van der Waals surface area (Å²) in [4.78, 5) is 16.9. The summed E-state index contributed by atoms with van der Waals surface area (Å²) in [5, 5.41) is 7.04. The highest BCUT2D eigenvalue weighted by Crippen LogP contribution is 2.38. The summed E-state index contributed by atoms with van der Waals surface area (Å²) in [5.74, 6) is -1.59. The van der Waals surface area contributed by atoms with E-state index in [1.165, 1.54) is 4.68 Å². The quantitative estimate of drug-likeness (QED) is 0.362. The number of ether oxygens (including phenoxy) is 1. The van der Waals surface area contributed by atoms with Gasteiger partial charge in [0, 0.05) is 37.5 Å². The Morgan fingerprint density at radius 2 is 1.87 bits per heavy atom. The molecule has 218 valence electrons. The van der Waals surface area contributed by atoms with E-state index in [0.29, 0.717) is 18.4 Å². The van der Waals surface area contributed by atoms with Gasteiger partial charge in [0.1, 0.15) is 5.75 Å². The minimum Gasteiger partial charge on any atom is -0.434 e. The highest BCUT2D eigenvalue weighted by atomic mass is 35.5. The van der Waals surface area contributed by atoms with Crippen LogP contribution in [0.25, 0.3) is 11.3 Å². The second kappa shape index (κ2) is 14.7. The minimum absolute atomic E-state index is 0.00150. The maximum Gasteiger partial charge on any atom is 0.391 e. The summed E-state index contributed by atoms with van der Waals surface area (Å²) >= 11 is 5.76. The Labute approximate surface area is 231 Å². The molecule has 0 unspecified atom stereocenters. The van der Waals surface area contributed by atoms with Crippen LogP contribution in [-0.4, -0.2) is 48.4 Å².